The van der Waals surface area contributed by atoms with Crippen molar-refractivity contribution in [2.45, 2.75) is 31.3 Å². The van der Waals surface area contributed by atoms with Crippen molar-refractivity contribution < 1.29 is 8.42 Å². The van der Waals surface area contributed by atoms with Gasteiger partial charge in [0.2, 0.25) is 10.0 Å². The first kappa shape index (κ1) is 16.6. The van der Waals surface area contributed by atoms with Crippen LogP contribution in [0.2, 0.25) is 0 Å². The van der Waals surface area contributed by atoms with Crippen molar-refractivity contribution in [1.29, 1.82) is 0 Å². The first-order valence-corrected chi connectivity index (χ1v) is 9.01. The predicted octanol–water partition coefficient (Wildman–Crippen LogP) is 2.16. The second-order valence-electron chi connectivity index (χ2n) is 5.93. The fourth-order valence-electron chi connectivity index (χ4n) is 2.61. The molecule has 1 aromatic heterocycles. The topological polar surface area (TPSA) is 45.6 Å². The molecule has 1 atom stereocenters. The molecule has 5 nitrogen and oxygen atoms in total. The van der Waals surface area contributed by atoms with Crippen LogP contribution in [0.25, 0.3) is 0 Å². The molecule has 1 saturated heterocycles. The Balaban J connectivity index is 2.26. The number of hydrogen-bond acceptors (Lipinski definition) is 4. The van der Waals surface area contributed by atoms with Crippen LogP contribution in [-0.2, 0) is 16.7 Å². The summed E-state index contributed by atoms with van der Waals surface area (Å²) in [6.45, 7) is 4.97. The summed E-state index contributed by atoms with van der Waals surface area (Å²) < 4.78 is 28.1. The lowest BCUT2D eigenvalue weighted by Crippen LogP contribution is -2.36. The Labute approximate surface area is 132 Å². The van der Waals surface area contributed by atoms with Gasteiger partial charge in [-0.15, -0.1) is 0 Å². The molecule has 2 rings (SSSR count). The third-order valence-corrected chi connectivity index (χ3v) is 6.00. The number of nitrogens with zero attached hydrogens (tertiary/aromatic N) is 3. The molecule has 1 fully saturated rings. The second kappa shape index (κ2) is 6.56. The summed E-state index contributed by atoms with van der Waals surface area (Å²) in [4.78, 5) is 2.61. The highest BCUT2D eigenvalue weighted by Gasteiger charge is 2.19. The van der Waals surface area contributed by atoms with Crippen molar-refractivity contribution in [3.05, 3.63) is 23.0 Å². The first-order chi connectivity index (χ1) is 9.80. The predicted molar refractivity (Wildman–Crippen MR) is 86.1 cm³/mol. The Morgan fingerprint density at radius 2 is 2.10 bits per heavy atom. The third-order valence-electron chi connectivity index (χ3n) is 3.83. The maximum atomic E-state index is 12.2. The van der Waals surface area contributed by atoms with Crippen LogP contribution in [0.5, 0.6) is 0 Å². The number of piperidine rings is 1. The van der Waals surface area contributed by atoms with Crippen LogP contribution < -0.4 is 0 Å². The SMILES string of the molecule is C[C@@H]1CCCN(Cn2cc(S(=O)(=O)N(C)C)ccc2=S)C1. The van der Waals surface area contributed by atoms with E-state index in [4.69, 9.17) is 12.2 Å². The minimum atomic E-state index is -3.42. The van der Waals surface area contributed by atoms with Crippen molar-refractivity contribution in [2.24, 2.45) is 5.92 Å². The molecule has 118 valence electrons. The molecule has 0 unspecified atom stereocenters. The Morgan fingerprint density at radius 3 is 2.71 bits per heavy atom. The highest BCUT2D eigenvalue weighted by molar-refractivity contribution is 7.89. The maximum Gasteiger partial charge on any atom is 0.244 e. The number of aromatic nitrogens is 1. The zero-order valence-corrected chi connectivity index (χ0v) is 14.5. The van der Waals surface area contributed by atoms with Gasteiger partial charge >= 0.3 is 0 Å². The Bertz CT molecular complexity index is 652. The van der Waals surface area contributed by atoms with Crippen LogP contribution in [0.3, 0.4) is 0 Å². The van der Waals surface area contributed by atoms with Crippen LogP contribution in [0, 0.1) is 10.6 Å². The molecule has 0 saturated carbocycles. The molecule has 1 aromatic rings. The summed E-state index contributed by atoms with van der Waals surface area (Å²) in [5.41, 5.74) is 0. The monoisotopic (exact) mass is 329 g/mol. The molecule has 0 aromatic carbocycles. The van der Waals surface area contributed by atoms with Gasteiger partial charge in [-0.3, -0.25) is 4.90 Å². The van der Waals surface area contributed by atoms with Gasteiger partial charge < -0.3 is 4.57 Å². The lowest BCUT2D eigenvalue weighted by Gasteiger charge is -2.31. The van der Waals surface area contributed by atoms with Gasteiger partial charge in [-0.2, -0.15) is 0 Å². The van der Waals surface area contributed by atoms with E-state index < -0.39 is 10.0 Å². The summed E-state index contributed by atoms with van der Waals surface area (Å²) >= 11 is 5.33. The zero-order chi connectivity index (χ0) is 15.6. The summed E-state index contributed by atoms with van der Waals surface area (Å²) in [5, 5.41) is 0. The summed E-state index contributed by atoms with van der Waals surface area (Å²) in [7, 11) is -0.349. The van der Waals surface area contributed by atoms with Crippen molar-refractivity contribution in [3.63, 3.8) is 0 Å². The van der Waals surface area contributed by atoms with Crippen LogP contribution >= 0.6 is 12.2 Å². The summed E-state index contributed by atoms with van der Waals surface area (Å²) in [6.07, 6.45) is 4.10. The molecule has 7 heteroatoms. The van der Waals surface area contributed by atoms with Crippen molar-refractivity contribution >= 4 is 22.2 Å². The average molecular weight is 329 g/mol. The average Bonchev–Trinajstić information content (AvgIpc) is 2.41. The van der Waals surface area contributed by atoms with E-state index >= 15 is 0 Å². The third kappa shape index (κ3) is 3.91. The highest BCUT2D eigenvalue weighted by Crippen LogP contribution is 2.18. The van der Waals surface area contributed by atoms with Crippen molar-refractivity contribution in [1.82, 2.24) is 13.8 Å². The van der Waals surface area contributed by atoms with Crippen molar-refractivity contribution in [2.75, 3.05) is 27.2 Å². The fourth-order valence-corrected chi connectivity index (χ4v) is 3.71. The van der Waals surface area contributed by atoms with Crippen LogP contribution in [0.1, 0.15) is 19.8 Å². The van der Waals surface area contributed by atoms with Gasteiger partial charge in [-0.1, -0.05) is 19.1 Å². The van der Waals surface area contributed by atoms with Gasteiger partial charge in [0.15, 0.2) is 0 Å². The molecular weight excluding hydrogens is 306 g/mol. The molecule has 0 spiro atoms. The molecule has 0 amide bonds. The number of pyridine rings is 1. The highest BCUT2D eigenvalue weighted by atomic mass is 32.2. The lowest BCUT2D eigenvalue weighted by atomic mass is 10.0. The van der Waals surface area contributed by atoms with E-state index in [1.165, 1.54) is 31.2 Å². The summed E-state index contributed by atoms with van der Waals surface area (Å²) in [6, 6.07) is 3.27. The molecule has 1 aliphatic rings. The fraction of sp³-hybridized carbons (Fsp3) is 0.643. The zero-order valence-electron chi connectivity index (χ0n) is 12.8. The summed E-state index contributed by atoms with van der Waals surface area (Å²) in [5.74, 6) is 0.682. The number of rotatable bonds is 4. The van der Waals surface area contributed by atoms with E-state index in [2.05, 4.69) is 11.8 Å². The van der Waals surface area contributed by atoms with Crippen LogP contribution in [0.15, 0.2) is 23.2 Å². The van der Waals surface area contributed by atoms with Gasteiger partial charge in [0.1, 0.15) is 4.64 Å². The Kier molecular flexibility index (Phi) is 5.19. The van der Waals surface area contributed by atoms with Crippen LogP contribution in [0.4, 0.5) is 0 Å². The molecule has 0 radical (unpaired) electrons. The first-order valence-electron chi connectivity index (χ1n) is 7.16. The number of likely N-dealkylation sites (tertiary alicyclic amines) is 1. The van der Waals surface area contributed by atoms with E-state index in [-0.39, 0.29) is 4.90 Å². The van der Waals surface area contributed by atoms with Crippen LogP contribution in [-0.4, -0.2) is 49.4 Å². The van der Waals surface area contributed by atoms with Gasteiger partial charge in [-0.25, -0.2) is 12.7 Å². The Hall–Kier alpha value is -0.760. The lowest BCUT2D eigenvalue weighted by molar-refractivity contribution is 0.144. The van der Waals surface area contributed by atoms with Gasteiger partial charge in [0, 0.05) is 26.8 Å². The Morgan fingerprint density at radius 1 is 1.38 bits per heavy atom. The molecule has 21 heavy (non-hydrogen) atoms. The molecule has 0 aliphatic carbocycles. The quantitative estimate of drug-likeness (QED) is 0.794. The molecule has 0 bridgehead atoms. The van der Waals surface area contributed by atoms with Gasteiger partial charge in [0.25, 0.3) is 0 Å². The standard InChI is InChI=1S/C14H23N3O2S2/c1-12-5-4-8-16(9-12)11-17-10-13(6-7-14(17)20)21(18,19)15(2)3/h6-7,10,12H,4-5,8-9,11H2,1-3H3/t12-/m1/s1. The largest absolute Gasteiger partial charge is 0.324 e. The number of sulfonamides is 1. The van der Waals surface area contributed by atoms with E-state index in [1.807, 2.05) is 4.57 Å². The molecule has 2 heterocycles. The van der Waals surface area contributed by atoms with Gasteiger partial charge in [0.05, 0.1) is 11.6 Å². The van der Waals surface area contributed by atoms with Crippen molar-refractivity contribution in [3.8, 4) is 0 Å². The minimum absolute atomic E-state index is 0.283. The van der Waals surface area contributed by atoms with E-state index in [1.54, 1.807) is 18.3 Å². The second-order valence-corrected chi connectivity index (χ2v) is 8.50. The normalized spacial score (nSPS) is 20.9. The molecule has 0 N–H and O–H groups in total. The molecular formula is C14H23N3O2S2. The smallest absolute Gasteiger partial charge is 0.244 e. The van der Waals surface area contributed by atoms with E-state index in [0.29, 0.717) is 17.2 Å². The van der Waals surface area contributed by atoms with Gasteiger partial charge in [-0.05, 0) is 37.4 Å². The number of hydrogen-bond donors (Lipinski definition) is 0. The van der Waals surface area contributed by atoms with E-state index in [9.17, 15) is 8.42 Å². The van der Waals surface area contributed by atoms with E-state index in [0.717, 1.165) is 13.1 Å². The molecule has 1 aliphatic heterocycles. The minimum Gasteiger partial charge on any atom is -0.324 e. The maximum absolute atomic E-state index is 12.2.